The first-order chi connectivity index (χ1) is 13.2. The predicted molar refractivity (Wildman–Crippen MR) is 108 cm³/mol. The van der Waals surface area contributed by atoms with Crippen LogP contribution in [0.1, 0.15) is 6.92 Å². The topological polar surface area (TPSA) is 63.5 Å². The monoisotopic (exact) mass is 360 g/mol. The van der Waals surface area contributed by atoms with Gasteiger partial charge in [0.15, 0.2) is 0 Å². The number of furan rings is 1. The second-order valence-electron chi connectivity index (χ2n) is 6.36. The predicted octanol–water partition coefficient (Wildman–Crippen LogP) is 5.03. The number of para-hydroxylation sites is 3. The number of fused-ring (bicyclic) bond motifs is 3. The molecular weight excluding hydrogens is 340 g/mol. The molecule has 1 atom stereocenters. The van der Waals surface area contributed by atoms with Gasteiger partial charge in [-0.25, -0.2) is 0 Å². The average Bonchev–Trinajstić information content (AvgIpc) is 3.06. The van der Waals surface area contributed by atoms with Gasteiger partial charge in [-0.1, -0.05) is 30.3 Å². The molecule has 3 aromatic carbocycles. The lowest BCUT2D eigenvalue weighted by atomic mass is 10.1. The average molecular weight is 360 g/mol. The molecule has 2 N–H and O–H groups in total. The van der Waals surface area contributed by atoms with Crippen LogP contribution in [-0.2, 0) is 4.79 Å². The summed E-state index contributed by atoms with van der Waals surface area (Å²) in [5, 5.41) is 8.23. The Morgan fingerprint density at radius 3 is 2.56 bits per heavy atom. The number of hydrogen-bond donors (Lipinski definition) is 2. The number of hydrogen-bond acceptors (Lipinski definition) is 4. The van der Waals surface area contributed by atoms with Crippen LogP contribution in [0.4, 0.5) is 11.4 Å². The molecule has 0 spiro atoms. The number of anilines is 2. The number of amides is 1. The Kier molecular flexibility index (Phi) is 4.42. The number of methoxy groups -OCH3 is 1. The van der Waals surface area contributed by atoms with E-state index in [0.29, 0.717) is 11.4 Å². The van der Waals surface area contributed by atoms with Crippen molar-refractivity contribution >= 4 is 39.2 Å². The van der Waals surface area contributed by atoms with Crippen molar-refractivity contribution in [2.75, 3.05) is 17.7 Å². The van der Waals surface area contributed by atoms with Crippen molar-refractivity contribution in [2.24, 2.45) is 0 Å². The summed E-state index contributed by atoms with van der Waals surface area (Å²) >= 11 is 0. The highest BCUT2D eigenvalue weighted by atomic mass is 16.5. The third-order valence-corrected chi connectivity index (χ3v) is 4.52. The zero-order chi connectivity index (χ0) is 18.8. The molecule has 0 aliphatic heterocycles. The first kappa shape index (κ1) is 17.0. The first-order valence-corrected chi connectivity index (χ1v) is 8.77. The van der Waals surface area contributed by atoms with Crippen LogP contribution in [0.2, 0.25) is 0 Å². The van der Waals surface area contributed by atoms with Gasteiger partial charge in [0.1, 0.15) is 23.0 Å². The standard InChI is InChI=1S/C22H20N2O3/c1-14(22(25)24-18-8-4-6-10-21(18)26-2)23-15-11-12-20-17(13-15)16-7-3-5-9-19(16)27-20/h3-14,23H,1-2H3,(H,24,25)/t14-/m0/s1. The van der Waals surface area contributed by atoms with Crippen molar-refractivity contribution < 1.29 is 13.9 Å². The van der Waals surface area contributed by atoms with Crippen LogP contribution >= 0.6 is 0 Å². The van der Waals surface area contributed by atoms with E-state index >= 15 is 0 Å². The molecule has 0 radical (unpaired) electrons. The Hall–Kier alpha value is -3.47. The number of carbonyl (C=O) groups is 1. The molecule has 1 aromatic heterocycles. The van der Waals surface area contributed by atoms with Gasteiger partial charge in [0.2, 0.25) is 5.91 Å². The van der Waals surface area contributed by atoms with Crippen LogP contribution in [0.3, 0.4) is 0 Å². The van der Waals surface area contributed by atoms with Crippen LogP contribution in [0.15, 0.2) is 71.1 Å². The number of rotatable bonds is 5. The van der Waals surface area contributed by atoms with Gasteiger partial charge in [0.25, 0.3) is 0 Å². The van der Waals surface area contributed by atoms with E-state index in [1.165, 1.54) is 0 Å². The molecular formula is C22H20N2O3. The fourth-order valence-electron chi connectivity index (χ4n) is 3.12. The second-order valence-corrected chi connectivity index (χ2v) is 6.36. The van der Waals surface area contributed by atoms with Gasteiger partial charge in [-0.3, -0.25) is 4.79 Å². The van der Waals surface area contributed by atoms with Gasteiger partial charge in [-0.2, -0.15) is 0 Å². The highest BCUT2D eigenvalue weighted by molar-refractivity contribution is 6.06. The maximum Gasteiger partial charge on any atom is 0.246 e. The zero-order valence-corrected chi connectivity index (χ0v) is 15.2. The van der Waals surface area contributed by atoms with Crippen molar-refractivity contribution in [3.63, 3.8) is 0 Å². The fraction of sp³-hybridized carbons (Fsp3) is 0.136. The summed E-state index contributed by atoms with van der Waals surface area (Å²) in [6.07, 6.45) is 0. The highest BCUT2D eigenvalue weighted by Gasteiger charge is 2.15. The molecule has 0 saturated heterocycles. The zero-order valence-electron chi connectivity index (χ0n) is 15.2. The van der Waals surface area contributed by atoms with Crippen molar-refractivity contribution in [1.82, 2.24) is 0 Å². The van der Waals surface area contributed by atoms with Crippen LogP contribution < -0.4 is 15.4 Å². The van der Waals surface area contributed by atoms with Crippen molar-refractivity contribution in [1.29, 1.82) is 0 Å². The molecule has 1 heterocycles. The summed E-state index contributed by atoms with van der Waals surface area (Å²) in [6.45, 7) is 1.82. The van der Waals surface area contributed by atoms with Crippen LogP contribution in [0.5, 0.6) is 5.75 Å². The maximum absolute atomic E-state index is 12.6. The summed E-state index contributed by atoms with van der Waals surface area (Å²) in [6, 6.07) is 20.7. The molecule has 4 rings (SSSR count). The van der Waals surface area contributed by atoms with Crippen molar-refractivity contribution in [2.45, 2.75) is 13.0 Å². The van der Waals surface area contributed by atoms with E-state index in [1.54, 1.807) is 7.11 Å². The second kappa shape index (κ2) is 7.03. The Balaban J connectivity index is 1.54. The molecule has 0 aliphatic rings. The van der Waals surface area contributed by atoms with Crippen LogP contribution in [-0.4, -0.2) is 19.1 Å². The van der Waals surface area contributed by atoms with Crippen molar-refractivity contribution in [3.8, 4) is 5.75 Å². The molecule has 4 aromatic rings. The number of carbonyl (C=O) groups excluding carboxylic acids is 1. The third-order valence-electron chi connectivity index (χ3n) is 4.52. The van der Waals surface area contributed by atoms with Gasteiger partial charge in [-0.05, 0) is 43.3 Å². The summed E-state index contributed by atoms with van der Waals surface area (Å²) in [7, 11) is 1.58. The minimum atomic E-state index is -0.425. The van der Waals surface area contributed by atoms with Crippen molar-refractivity contribution in [3.05, 3.63) is 66.7 Å². The van der Waals surface area contributed by atoms with Gasteiger partial charge >= 0.3 is 0 Å². The molecule has 5 heteroatoms. The largest absolute Gasteiger partial charge is 0.495 e. The van der Waals surface area contributed by atoms with E-state index in [1.807, 2.05) is 73.7 Å². The van der Waals surface area contributed by atoms with E-state index in [-0.39, 0.29) is 5.91 Å². The molecule has 0 bridgehead atoms. The Morgan fingerprint density at radius 1 is 0.963 bits per heavy atom. The quantitative estimate of drug-likeness (QED) is 0.524. The van der Waals surface area contributed by atoms with Crippen LogP contribution in [0, 0.1) is 0 Å². The first-order valence-electron chi connectivity index (χ1n) is 8.77. The van der Waals surface area contributed by atoms with Gasteiger partial charge in [0.05, 0.1) is 12.8 Å². The van der Waals surface area contributed by atoms with Gasteiger partial charge < -0.3 is 19.8 Å². The van der Waals surface area contributed by atoms with E-state index < -0.39 is 6.04 Å². The Labute approximate surface area is 156 Å². The third kappa shape index (κ3) is 3.31. The molecule has 1 amide bonds. The molecule has 27 heavy (non-hydrogen) atoms. The normalized spacial score (nSPS) is 12.1. The lowest BCUT2D eigenvalue weighted by Gasteiger charge is -2.16. The highest BCUT2D eigenvalue weighted by Crippen LogP contribution is 2.30. The molecule has 5 nitrogen and oxygen atoms in total. The van der Waals surface area contributed by atoms with E-state index in [2.05, 4.69) is 10.6 Å². The molecule has 0 fully saturated rings. The fourth-order valence-corrected chi connectivity index (χ4v) is 3.12. The van der Waals surface area contributed by atoms with Gasteiger partial charge in [-0.15, -0.1) is 0 Å². The van der Waals surface area contributed by atoms with E-state index in [9.17, 15) is 4.79 Å². The summed E-state index contributed by atoms with van der Waals surface area (Å²) in [4.78, 5) is 12.6. The number of benzene rings is 3. The minimum absolute atomic E-state index is 0.142. The lowest BCUT2D eigenvalue weighted by Crippen LogP contribution is -2.31. The lowest BCUT2D eigenvalue weighted by molar-refractivity contribution is -0.116. The van der Waals surface area contributed by atoms with E-state index in [4.69, 9.17) is 9.15 Å². The van der Waals surface area contributed by atoms with Crippen LogP contribution in [0.25, 0.3) is 21.9 Å². The molecule has 136 valence electrons. The molecule has 0 unspecified atom stereocenters. The SMILES string of the molecule is COc1ccccc1NC(=O)[C@H](C)Nc1ccc2oc3ccccc3c2c1. The summed E-state index contributed by atoms with van der Waals surface area (Å²) in [5.74, 6) is 0.487. The summed E-state index contributed by atoms with van der Waals surface area (Å²) < 4.78 is 11.1. The number of ether oxygens (including phenoxy) is 1. The maximum atomic E-state index is 12.6. The Bertz CT molecular complexity index is 1120. The van der Waals surface area contributed by atoms with E-state index in [0.717, 1.165) is 27.6 Å². The van der Waals surface area contributed by atoms with Gasteiger partial charge in [0, 0.05) is 16.5 Å². The number of nitrogens with one attached hydrogen (secondary N) is 2. The smallest absolute Gasteiger partial charge is 0.246 e. The minimum Gasteiger partial charge on any atom is -0.495 e. The Morgan fingerprint density at radius 2 is 1.70 bits per heavy atom. The molecule has 0 aliphatic carbocycles. The molecule has 0 saturated carbocycles. The summed E-state index contributed by atoms with van der Waals surface area (Å²) in [5.41, 5.74) is 3.19.